The van der Waals surface area contributed by atoms with Crippen LogP contribution in [-0.4, -0.2) is 42.0 Å². The van der Waals surface area contributed by atoms with Crippen LogP contribution in [0.4, 0.5) is 0 Å². The fourth-order valence-corrected chi connectivity index (χ4v) is 3.84. The normalized spacial score (nSPS) is 21.4. The molecule has 0 bridgehead atoms. The van der Waals surface area contributed by atoms with Gasteiger partial charge in [0.05, 0.1) is 17.3 Å². The molecule has 0 saturated heterocycles. The molecule has 106 valence electrons. The monoisotopic (exact) mass is 279 g/mol. The maximum absolute atomic E-state index is 11.9. The summed E-state index contributed by atoms with van der Waals surface area (Å²) >= 11 is 0. The van der Waals surface area contributed by atoms with E-state index in [1.807, 2.05) is 0 Å². The molecule has 3 N–H and O–H groups in total. The molecule has 0 aromatic heterocycles. The van der Waals surface area contributed by atoms with E-state index in [2.05, 4.69) is 4.72 Å². The number of rotatable bonds is 6. The van der Waals surface area contributed by atoms with Crippen LogP contribution in [0.25, 0.3) is 0 Å². The van der Waals surface area contributed by atoms with Gasteiger partial charge in [-0.15, -0.1) is 0 Å². The highest BCUT2D eigenvalue weighted by molar-refractivity contribution is 7.90. The first-order chi connectivity index (χ1) is 8.23. The van der Waals surface area contributed by atoms with Crippen molar-refractivity contribution in [2.24, 2.45) is 0 Å². The minimum absolute atomic E-state index is 0.266. The van der Waals surface area contributed by atoms with Crippen molar-refractivity contribution in [3.63, 3.8) is 0 Å². The molecule has 1 fully saturated rings. The van der Waals surface area contributed by atoms with Gasteiger partial charge in [0.1, 0.15) is 0 Å². The molecule has 1 unspecified atom stereocenters. The molecule has 0 aromatic carbocycles. The van der Waals surface area contributed by atoms with Crippen LogP contribution in [0, 0.1) is 0 Å². The molecule has 1 saturated carbocycles. The number of hydrogen-bond donors (Lipinski definition) is 3. The number of carboxylic acid groups (broad SMARTS) is 1. The van der Waals surface area contributed by atoms with Crippen LogP contribution < -0.4 is 4.72 Å². The number of aliphatic carboxylic acids is 1. The summed E-state index contributed by atoms with van der Waals surface area (Å²) in [6.07, 6.45) is 3.64. The van der Waals surface area contributed by atoms with Gasteiger partial charge in [0.2, 0.25) is 10.0 Å². The van der Waals surface area contributed by atoms with Gasteiger partial charge in [0, 0.05) is 6.54 Å². The summed E-state index contributed by atoms with van der Waals surface area (Å²) in [4.78, 5) is 10.5. The number of sulfonamides is 1. The van der Waals surface area contributed by atoms with E-state index in [9.17, 15) is 18.3 Å². The van der Waals surface area contributed by atoms with E-state index >= 15 is 0 Å². The first kappa shape index (κ1) is 15.4. The molecule has 18 heavy (non-hydrogen) atoms. The molecule has 7 heteroatoms. The summed E-state index contributed by atoms with van der Waals surface area (Å²) in [5, 5.41) is 17.9. The molecule has 1 rings (SSSR count). The summed E-state index contributed by atoms with van der Waals surface area (Å²) in [6.45, 7) is 1.04. The zero-order valence-electron chi connectivity index (χ0n) is 10.6. The van der Waals surface area contributed by atoms with Gasteiger partial charge in [-0.25, -0.2) is 13.1 Å². The lowest BCUT2D eigenvalue weighted by atomic mass is 10.0. The quantitative estimate of drug-likeness (QED) is 0.655. The van der Waals surface area contributed by atoms with Crippen LogP contribution in [0.3, 0.4) is 0 Å². The predicted molar refractivity (Wildman–Crippen MR) is 66.7 cm³/mol. The van der Waals surface area contributed by atoms with E-state index in [-0.39, 0.29) is 6.54 Å². The van der Waals surface area contributed by atoms with Gasteiger partial charge < -0.3 is 10.2 Å². The Morgan fingerprint density at radius 2 is 1.89 bits per heavy atom. The third-order valence-electron chi connectivity index (χ3n) is 3.18. The van der Waals surface area contributed by atoms with Crippen LogP contribution in [0.15, 0.2) is 0 Å². The topological polar surface area (TPSA) is 104 Å². The number of carboxylic acids is 1. The van der Waals surface area contributed by atoms with Crippen molar-refractivity contribution in [1.29, 1.82) is 0 Å². The Kier molecular flexibility index (Phi) is 5.12. The van der Waals surface area contributed by atoms with E-state index in [1.54, 1.807) is 0 Å². The van der Waals surface area contributed by atoms with Gasteiger partial charge >= 0.3 is 5.97 Å². The van der Waals surface area contributed by atoms with Crippen LogP contribution in [0.2, 0.25) is 0 Å². The molecular weight excluding hydrogens is 258 g/mol. The molecule has 1 aliphatic carbocycles. The van der Waals surface area contributed by atoms with Crippen molar-refractivity contribution in [1.82, 2.24) is 4.72 Å². The molecule has 0 amide bonds. The summed E-state index contributed by atoms with van der Waals surface area (Å²) < 4.78 is 26.2. The number of nitrogens with one attached hydrogen (secondary N) is 1. The third-order valence-corrected chi connectivity index (χ3v) is 5.07. The van der Waals surface area contributed by atoms with Crippen LogP contribution >= 0.6 is 0 Å². The van der Waals surface area contributed by atoms with Gasteiger partial charge in [-0.1, -0.05) is 19.3 Å². The zero-order chi connectivity index (χ0) is 13.8. The Labute approximate surface area is 107 Å². The second-order valence-corrected chi connectivity index (χ2v) is 7.24. The lowest BCUT2D eigenvalue weighted by molar-refractivity contribution is -0.141. The molecule has 0 spiro atoms. The van der Waals surface area contributed by atoms with Gasteiger partial charge in [0.15, 0.2) is 0 Å². The van der Waals surface area contributed by atoms with Gasteiger partial charge in [-0.3, -0.25) is 4.79 Å². The molecule has 1 atom stereocenters. The van der Waals surface area contributed by atoms with Crippen LogP contribution in [-0.2, 0) is 14.8 Å². The van der Waals surface area contributed by atoms with E-state index < -0.39 is 33.3 Å². The average molecular weight is 279 g/mol. The van der Waals surface area contributed by atoms with E-state index in [0.717, 1.165) is 19.3 Å². The minimum atomic E-state index is -3.46. The Hall–Kier alpha value is -0.660. The van der Waals surface area contributed by atoms with Gasteiger partial charge in [0.25, 0.3) is 0 Å². The Morgan fingerprint density at radius 3 is 2.39 bits per heavy atom. The Balaban J connectivity index is 2.52. The fourth-order valence-electron chi connectivity index (χ4n) is 2.14. The first-order valence-corrected chi connectivity index (χ1v) is 7.70. The lowest BCUT2D eigenvalue weighted by Gasteiger charge is -2.26. The van der Waals surface area contributed by atoms with Gasteiger partial charge in [-0.05, 0) is 19.8 Å². The van der Waals surface area contributed by atoms with Crippen molar-refractivity contribution in [2.75, 3.05) is 6.54 Å². The molecule has 0 aliphatic heterocycles. The van der Waals surface area contributed by atoms with Gasteiger partial charge in [-0.2, -0.15) is 0 Å². The van der Waals surface area contributed by atoms with Crippen molar-refractivity contribution in [3.05, 3.63) is 0 Å². The highest BCUT2D eigenvalue weighted by atomic mass is 32.2. The summed E-state index contributed by atoms with van der Waals surface area (Å²) in [5.74, 6) is -1.16. The van der Waals surface area contributed by atoms with Crippen molar-refractivity contribution in [2.45, 2.75) is 56.3 Å². The minimum Gasteiger partial charge on any atom is -0.481 e. The van der Waals surface area contributed by atoms with Crippen molar-refractivity contribution in [3.8, 4) is 0 Å². The number of hydrogen-bond acceptors (Lipinski definition) is 4. The molecule has 6 nitrogen and oxygen atoms in total. The fraction of sp³-hybridized carbons (Fsp3) is 0.909. The zero-order valence-corrected chi connectivity index (χ0v) is 11.4. The second kappa shape index (κ2) is 5.99. The second-order valence-electron chi connectivity index (χ2n) is 5.19. The third kappa shape index (κ3) is 4.91. The molecule has 1 aliphatic rings. The van der Waals surface area contributed by atoms with E-state index in [4.69, 9.17) is 5.11 Å². The lowest BCUT2D eigenvalue weighted by Crippen LogP contribution is -2.45. The van der Waals surface area contributed by atoms with Crippen molar-refractivity contribution < 1.29 is 23.4 Å². The predicted octanol–water partition coefficient (Wildman–Crippen LogP) is 0.464. The standard InChI is InChI=1S/C11H21NO5S/c1-11(15,7-10(13)14)8-12-18(16,17)9-5-3-2-4-6-9/h9,12,15H,2-8H2,1H3,(H,13,14). The highest BCUT2D eigenvalue weighted by Gasteiger charge is 2.31. The summed E-state index contributed by atoms with van der Waals surface area (Å²) in [7, 11) is -3.46. The molecular formula is C11H21NO5S. The Morgan fingerprint density at radius 1 is 1.33 bits per heavy atom. The maximum atomic E-state index is 11.9. The molecule has 0 aromatic rings. The largest absolute Gasteiger partial charge is 0.481 e. The number of carbonyl (C=O) groups is 1. The molecule has 0 heterocycles. The smallest absolute Gasteiger partial charge is 0.306 e. The van der Waals surface area contributed by atoms with Crippen molar-refractivity contribution >= 4 is 16.0 Å². The summed E-state index contributed by atoms with van der Waals surface area (Å²) in [6, 6.07) is 0. The SMILES string of the molecule is CC(O)(CNS(=O)(=O)C1CCCCC1)CC(=O)O. The van der Waals surface area contributed by atoms with E-state index in [1.165, 1.54) is 6.92 Å². The maximum Gasteiger partial charge on any atom is 0.306 e. The Bertz CT molecular complexity index is 384. The number of aliphatic hydroxyl groups is 1. The first-order valence-electron chi connectivity index (χ1n) is 6.16. The summed E-state index contributed by atoms with van der Waals surface area (Å²) in [5.41, 5.74) is -1.56. The van der Waals surface area contributed by atoms with Crippen LogP contribution in [0.5, 0.6) is 0 Å². The molecule has 0 radical (unpaired) electrons. The average Bonchev–Trinajstić information content (AvgIpc) is 2.26. The highest BCUT2D eigenvalue weighted by Crippen LogP contribution is 2.23. The van der Waals surface area contributed by atoms with Crippen LogP contribution in [0.1, 0.15) is 45.4 Å². The van der Waals surface area contributed by atoms with E-state index in [0.29, 0.717) is 12.8 Å².